The number of para-hydroxylation sites is 1. The second-order valence-corrected chi connectivity index (χ2v) is 8.20. The molecule has 0 aliphatic heterocycles. The summed E-state index contributed by atoms with van der Waals surface area (Å²) < 4.78 is 0.926. The van der Waals surface area contributed by atoms with Crippen LogP contribution >= 0.6 is 34.9 Å². The van der Waals surface area contributed by atoms with Crippen molar-refractivity contribution in [3.05, 3.63) is 65.7 Å². The lowest BCUT2D eigenvalue weighted by atomic mass is 10.3. The van der Waals surface area contributed by atoms with E-state index in [4.69, 9.17) is 0 Å². The van der Waals surface area contributed by atoms with Crippen LogP contribution in [-0.2, 0) is 4.79 Å². The Morgan fingerprint density at radius 3 is 2.62 bits per heavy atom. The number of amides is 1. The van der Waals surface area contributed by atoms with Crippen molar-refractivity contribution in [3.63, 3.8) is 0 Å². The molecule has 3 aromatic rings. The molecule has 0 aliphatic carbocycles. The van der Waals surface area contributed by atoms with Crippen LogP contribution in [0.5, 0.6) is 0 Å². The van der Waals surface area contributed by atoms with Crippen LogP contribution in [0.3, 0.4) is 0 Å². The van der Waals surface area contributed by atoms with Crippen LogP contribution in [0, 0.1) is 6.92 Å². The minimum atomic E-state index is -0.0195. The first-order chi connectivity index (χ1) is 11.7. The SMILES string of the molecule is Cc1csc(SCC(=O)Nc2ccccc2Sc2ccccc2)n1. The Morgan fingerprint density at radius 2 is 1.88 bits per heavy atom. The molecule has 0 spiro atoms. The van der Waals surface area contributed by atoms with Gasteiger partial charge in [-0.2, -0.15) is 0 Å². The number of rotatable bonds is 6. The second-order valence-electron chi connectivity index (χ2n) is 5.00. The van der Waals surface area contributed by atoms with E-state index in [1.807, 2.05) is 54.8 Å². The first kappa shape index (κ1) is 17.1. The van der Waals surface area contributed by atoms with E-state index in [0.717, 1.165) is 25.5 Å². The zero-order valence-electron chi connectivity index (χ0n) is 13.1. The minimum absolute atomic E-state index is 0.0195. The molecule has 0 fully saturated rings. The molecular weight excluding hydrogens is 356 g/mol. The van der Waals surface area contributed by atoms with Gasteiger partial charge >= 0.3 is 0 Å². The summed E-state index contributed by atoms with van der Waals surface area (Å²) in [7, 11) is 0. The summed E-state index contributed by atoms with van der Waals surface area (Å²) in [5, 5.41) is 5.00. The standard InChI is InChI=1S/C18H16N2OS3/c1-13-11-22-18(19-13)23-12-17(21)20-15-9-5-6-10-16(15)24-14-7-3-2-4-8-14/h2-11H,12H2,1H3,(H,20,21). The third-order valence-corrected chi connectivity index (χ3v) is 6.28. The first-order valence-electron chi connectivity index (χ1n) is 7.37. The second kappa shape index (κ2) is 8.37. The van der Waals surface area contributed by atoms with Gasteiger partial charge in [-0.3, -0.25) is 4.79 Å². The molecule has 1 N–H and O–H groups in total. The fourth-order valence-corrected chi connectivity index (χ4v) is 4.56. The van der Waals surface area contributed by atoms with Crippen LogP contribution < -0.4 is 5.32 Å². The number of aromatic nitrogens is 1. The molecule has 3 rings (SSSR count). The molecule has 0 radical (unpaired) electrons. The van der Waals surface area contributed by atoms with Crippen LogP contribution in [-0.4, -0.2) is 16.6 Å². The van der Waals surface area contributed by atoms with Gasteiger partial charge in [-0.05, 0) is 31.2 Å². The number of nitrogens with zero attached hydrogens (tertiary/aromatic N) is 1. The number of benzene rings is 2. The van der Waals surface area contributed by atoms with E-state index in [9.17, 15) is 4.79 Å². The molecule has 0 saturated carbocycles. The highest BCUT2D eigenvalue weighted by Gasteiger charge is 2.09. The van der Waals surface area contributed by atoms with Gasteiger partial charge in [0.05, 0.1) is 11.4 Å². The lowest BCUT2D eigenvalue weighted by Crippen LogP contribution is -2.14. The highest BCUT2D eigenvalue weighted by atomic mass is 32.2. The van der Waals surface area contributed by atoms with E-state index in [2.05, 4.69) is 22.4 Å². The fraction of sp³-hybridized carbons (Fsp3) is 0.111. The Morgan fingerprint density at radius 1 is 1.12 bits per heavy atom. The van der Waals surface area contributed by atoms with Crippen molar-refractivity contribution in [2.24, 2.45) is 0 Å². The third-order valence-electron chi connectivity index (χ3n) is 3.06. The number of carbonyl (C=O) groups is 1. The molecule has 1 heterocycles. The summed E-state index contributed by atoms with van der Waals surface area (Å²) >= 11 is 4.68. The van der Waals surface area contributed by atoms with Gasteiger partial charge in [0.2, 0.25) is 5.91 Å². The number of hydrogen-bond acceptors (Lipinski definition) is 5. The van der Waals surface area contributed by atoms with Crippen molar-refractivity contribution in [2.45, 2.75) is 21.1 Å². The predicted octanol–water partition coefficient (Wildman–Crippen LogP) is 5.33. The maximum Gasteiger partial charge on any atom is 0.234 e. The van der Waals surface area contributed by atoms with Gasteiger partial charge in [-0.1, -0.05) is 53.9 Å². The Balaban J connectivity index is 1.63. The molecule has 0 saturated heterocycles. The normalized spacial score (nSPS) is 10.5. The van der Waals surface area contributed by atoms with Gasteiger partial charge in [0, 0.05) is 20.9 Å². The lowest BCUT2D eigenvalue weighted by Gasteiger charge is -2.10. The highest BCUT2D eigenvalue weighted by molar-refractivity contribution is 8.01. The molecule has 0 unspecified atom stereocenters. The van der Waals surface area contributed by atoms with Crippen LogP contribution in [0.4, 0.5) is 5.69 Å². The molecule has 1 aromatic heterocycles. The summed E-state index contributed by atoms with van der Waals surface area (Å²) in [6.07, 6.45) is 0. The van der Waals surface area contributed by atoms with Crippen LogP contribution in [0.25, 0.3) is 0 Å². The molecule has 24 heavy (non-hydrogen) atoms. The smallest absolute Gasteiger partial charge is 0.234 e. The number of aryl methyl sites for hydroxylation is 1. The van der Waals surface area contributed by atoms with Gasteiger partial charge in [-0.15, -0.1) is 11.3 Å². The van der Waals surface area contributed by atoms with Gasteiger partial charge in [0.15, 0.2) is 4.34 Å². The van der Waals surface area contributed by atoms with Gasteiger partial charge < -0.3 is 5.32 Å². The highest BCUT2D eigenvalue weighted by Crippen LogP contribution is 2.33. The summed E-state index contributed by atoms with van der Waals surface area (Å²) in [5.41, 5.74) is 1.83. The molecule has 0 atom stereocenters. The van der Waals surface area contributed by atoms with Crippen molar-refractivity contribution in [1.29, 1.82) is 0 Å². The molecular formula is C18H16N2OS3. The Labute approximate surface area is 153 Å². The Hall–Kier alpha value is -1.76. The zero-order chi connectivity index (χ0) is 16.8. The number of anilines is 1. The van der Waals surface area contributed by atoms with E-state index in [1.165, 1.54) is 11.8 Å². The van der Waals surface area contributed by atoms with Crippen molar-refractivity contribution >= 4 is 46.5 Å². The third kappa shape index (κ3) is 4.87. The lowest BCUT2D eigenvalue weighted by molar-refractivity contribution is -0.113. The van der Waals surface area contributed by atoms with Crippen molar-refractivity contribution in [1.82, 2.24) is 4.98 Å². The van der Waals surface area contributed by atoms with Crippen LogP contribution in [0.2, 0.25) is 0 Å². The quantitative estimate of drug-likeness (QED) is 0.594. The fourth-order valence-electron chi connectivity index (χ4n) is 1.99. The molecule has 122 valence electrons. The van der Waals surface area contributed by atoms with Crippen molar-refractivity contribution in [3.8, 4) is 0 Å². The van der Waals surface area contributed by atoms with Gasteiger partial charge in [0.1, 0.15) is 0 Å². The Kier molecular flexibility index (Phi) is 5.96. The largest absolute Gasteiger partial charge is 0.324 e. The van der Waals surface area contributed by atoms with Crippen molar-refractivity contribution in [2.75, 3.05) is 11.1 Å². The maximum atomic E-state index is 12.2. The van der Waals surface area contributed by atoms with Crippen molar-refractivity contribution < 1.29 is 4.79 Å². The van der Waals surface area contributed by atoms with E-state index in [0.29, 0.717) is 5.75 Å². The molecule has 0 aliphatic rings. The maximum absolute atomic E-state index is 12.2. The average molecular weight is 373 g/mol. The van der Waals surface area contributed by atoms with Crippen LogP contribution in [0.1, 0.15) is 5.69 Å². The van der Waals surface area contributed by atoms with Gasteiger partial charge in [-0.25, -0.2) is 4.98 Å². The minimum Gasteiger partial charge on any atom is -0.324 e. The molecule has 2 aromatic carbocycles. The molecule has 1 amide bonds. The van der Waals surface area contributed by atoms with E-state index in [1.54, 1.807) is 23.1 Å². The predicted molar refractivity (Wildman–Crippen MR) is 103 cm³/mol. The van der Waals surface area contributed by atoms with E-state index in [-0.39, 0.29) is 5.91 Å². The monoisotopic (exact) mass is 372 g/mol. The number of hydrogen-bond donors (Lipinski definition) is 1. The number of thiazole rings is 1. The summed E-state index contributed by atoms with van der Waals surface area (Å²) in [6.45, 7) is 1.96. The summed E-state index contributed by atoms with van der Waals surface area (Å²) in [6, 6.07) is 18.0. The zero-order valence-corrected chi connectivity index (χ0v) is 15.5. The Bertz CT molecular complexity index is 818. The summed E-state index contributed by atoms with van der Waals surface area (Å²) in [5.74, 6) is 0.339. The number of carbonyl (C=O) groups excluding carboxylic acids is 1. The summed E-state index contributed by atoms with van der Waals surface area (Å²) in [4.78, 5) is 18.8. The first-order valence-corrected chi connectivity index (χ1v) is 10.1. The van der Waals surface area contributed by atoms with Gasteiger partial charge in [0.25, 0.3) is 0 Å². The van der Waals surface area contributed by atoms with Crippen LogP contribution in [0.15, 0.2) is 74.1 Å². The molecule has 6 heteroatoms. The molecule has 0 bridgehead atoms. The van der Waals surface area contributed by atoms with E-state index < -0.39 is 0 Å². The number of nitrogens with one attached hydrogen (secondary N) is 1. The topological polar surface area (TPSA) is 42.0 Å². The van der Waals surface area contributed by atoms with E-state index >= 15 is 0 Å². The molecule has 3 nitrogen and oxygen atoms in total. The average Bonchev–Trinajstić information content (AvgIpc) is 3.01. The number of thioether (sulfide) groups is 1.